The van der Waals surface area contributed by atoms with Crippen molar-refractivity contribution in [2.75, 3.05) is 31.3 Å². The molecule has 0 heterocycles. The Kier molecular flexibility index (Phi) is 6.28. The Hall–Kier alpha value is -2.69. The Morgan fingerprint density at radius 3 is 2.40 bits per heavy atom. The van der Waals surface area contributed by atoms with Gasteiger partial charge in [0.2, 0.25) is 0 Å². The molecule has 134 valence electrons. The Bertz CT molecular complexity index is 726. The van der Waals surface area contributed by atoms with Gasteiger partial charge >= 0.3 is 0 Å². The molecule has 0 saturated heterocycles. The van der Waals surface area contributed by atoms with Crippen LogP contribution in [-0.4, -0.2) is 26.6 Å². The van der Waals surface area contributed by atoms with E-state index in [9.17, 15) is 4.79 Å². The summed E-state index contributed by atoms with van der Waals surface area (Å²) < 4.78 is 5.12. The first-order valence-corrected chi connectivity index (χ1v) is 8.55. The van der Waals surface area contributed by atoms with Gasteiger partial charge < -0.3 is 20.7 Å². The van der Waals surface area contributed by atoms with Crippen molar-refractivity contribution < 1.29 is 9.53 Å². The van der Waals surface area contributed by atoms with E-state index in [0.29, 0.717) is 12.1 Å². The maximum atomic E-state index is 12.5. The van der Waals surface area contributed by atoms with Crippen molar-refractivity contribution >= 4 is 17.3 Å². The molecule has 0 aromatic heterocycles. The molecule has 2 rings (SSSR count). The van der Waals surface area contributed by atoms with Crippen molar-refractivity contribution in [1.29, 1.82) is 0 Å². The number of ether oxygens (including phenoxy) is 1. The summed E-state index contributed by atoms with van der Waals surface area (Å²) in [6.07, 6.45) is 0.887. The number of carbonyl (C=O) groups is 1. The second-order valence-corrected chi connectivity index (χ2v) is 5.92. The van der Waals surface area contributed by atoms with Gasteiger partial charge in [0.15, 0.2) is 0 Å². The number of rotatable bonds is 7. The van der Waals surface area contributed by atoms with Crippen LogP contribution in [0.2, 0.25) is 0 Å². The minimum absolute atomic E-state index is 0.114. The number of carbonyl (C=O) groups excluding carboxylic acids is 1. The SMILES string of the molecule is CCc1ccc(N)c(N(C)CC)c1CNC(=O)c1ccc(OC)cc1. The summed E-state index contributed by atoms with van der Waals surface area (Å²) in [5.41, 5.74) is 10.8. The molecular weight excluding hydrogens is 314 g/mol. The third-order valence-electron chi connectivity index (χ3n) is 4.43. The molecule has 5 heteroatoms. The molecule has 0 fully saturated rings. The maximum Gasteiger partial charge on any atom is 0.251 e. The van der Waals surface area contributed by atoms with Gasteiger partial charge in [-0.15, -0.1) is 0 Å². The van der Waals surface area contributed by atoms with Crippen LogP contribution in [0.5, 0.6) is 5.75 Å². The van der Waals surface area contributed by atoms with Crippen molar-refractivity contribution in [2.45, 2.75) is 26.8 Å². The second-order valence-electron chi connectivity index (χ2n) is 5.92. The highest BCUT2D eigenvalue weighted by atomic mass is 16.5. The molecule has 0 radical (unpaired) electrons. The molecule has 0 atom stereocenters. The van der Waals surface area contributed by atoms with E-state index in [1.54, 1.807) is 31.4 Å². The minimum atomic E-state index is -0.114. The molecule has 5 nitrogen and oxygen atoms in total. The number of amides is 1. The van der Waals surface area contributed by atoms with Gasteiger partial charge in [-0.1, -0.05) is 13.0 Å². The highest BCUT2D eigenvalue weighted by Crippen LogP contribution is 2.30. The molecule has 3 N–H and O–H groups in total. The Balaban J connectivity index is 2.23. The van der Waals surface area contributed by atoms with Crippen LogP contribution in [0.1, 0.15) is 35.3 Å². The van der Waals surface area contributed by atoms with Crippen molar-refractivity contribution in [3.05, 3.63) is 53.1 Å². The van der Waals surface area contributed by atoms with Gasteiger partial charge in [-0.3, -0.25) is 4.79 Å². The highest BCUT2D eigenvalue weighted by Gasteiger charge is 2.15. The van der Waals surface area contributed by atoms with Crippen LogP contribution in [0.3, 0.4) is 0 Å². The lowest BCUT2D eigenvalue weighted by Crippen LogP contribution is -2.26. The van der Waals surface area contributed by atoms with Crippen LogP contribution in [-0.2, 0) is 13.0 Å². The van der Waals surface area contributed by atoms with Crippen LogP contribution in [0.4, 0.5) is 11.4 Å². The van der Waals surface area contributed by atoms with Gasteiger partial charge in [0, 0.05) is 25.7 Å². The summed E-state index contributed by atoms with van der Waals surface area (Å²) in [4.78, 5) is 14.6. The van der Waals surface area contributed by atoms with E-state index in [4.69, 9.17) is 10.5 Å². The molecular formula is C20H27N3O2. The number of methoxy groups -OCH3 is 1. The number of nitrogen functional groups attached to an aromatic ring is 1. The molecule has 0 aliphatic heterocycles. The third kappa shape index (κ3) is 4.24. The lowest BCUT2D eigenvalue weighted by molar-refractivity contribution is 0.0951. The van der Waals surface area contributed by atoms with E-state index in [1.807, 2.05) is 19.2 Å². The standard InChI is InChI=1S/C20H27N3O2/c1-5-14-9-12-18(21)19(23(3)6-2)17(14)13-22-20(24)15-7-10-16(25-4)11-8-15/h7-12H,5-6,13,21H2,1-4H3,(H,22,24). The van der Waals surface area contributed by atoms with Crippen LogP contribution >= 0.6 is 0 Å². The molecule has 0 aliphatic carbocycles. The molecule has 25 heavy (non-hydrogen) atoms. The summed E-state index contributed by atoms with van der Waals surface area (Å²) in [5, 5.41) is 3.01. The molecule has 0 saturated carbocycles. The number of nitrogens with zero attached hydrogens (tertiary/aromatic N) is 1. The third-order valence-corrected chi connectivity index (χ3v) is 4.43. The number of hydrogen-bond acceptors (Lipinski definition) is 4. The van der Waals surface area contributed by atoms with Gasteiger partial charge in [-0.2, -0.15) is 0 Å². The van der Waals surface area contributed by atoms with Crippen LogP contribution in [0.25, 0.3) is 0 Å². The van der Waals surface area contributed by atoms with Crippen LogP contribution in [0.15, 0.2) is 36.4 Å². The van der Waals surface area contributed by atoms with Crippen LogP contribution < -0.4 is 20.7 Å². The number of nitrogens with one attached hydrogen (secondary N) is 1. The number of benzene rings is 2. The van der Waals surface area contributed by atoms with E-state index < -0.39 is 0 Å². The first kappa shape index (κ1) is 18.6. The van der Waals surface area contributed by atoms with Gasteiger partial charge in [0.05, 0.1) is 18.5 Å². The highest BCUT2D eigenvalue weighted by molar-refractivity contribution is 5.94. The summed E-state index contributed by atoms with van der Waals surface area (Å²) >= 11 is 0. The van der Waals surface area contributed by atoms with E-state index in [0.717, 1.165) is 35.7 Å². The molecule has 0 aliphatic rings. The zero-order valence-corrected chi connectivity index (χ0v) is 15.4. The topological polar surface area (TPSA) is 67.6 Å². The maximum absolute atomic E-state index is 12.5. The average Bonchev–Trinajstić information content (AvgIpc) is 2.65. The smallest absolute Gasteiger partial charge is 0.251 e. The van der Waals surface area contributed by atoms with E-state index in [-0.39, 0.29) is 5.91 Å². The predicted molar refractivity (Wildman–Crippen MR) is 103 cm³/mol. The first-order valence-electron chi connectivity index (χ1n) is 8.55. The fourth-order valence-electron chi connectivity index (χ4n) is 2.85. The van der Waals surface area contributed by atoms with Crippen LogP contribution in [0, 0.1) is 0 Å². The number of nitrogens with two attached hydrogens (primary N) is 1. The van der Waals surface area contributed by atoms with E-state index in [2.05, 4.69) is 24.1 Å². The normalized spacial score (nSPS) is 10.4. The summed E-state index contributed by atoms with van der Waals surface area (Å²) in [6, 6.07) is 11.1. The van der Waals surface area contributed by atoms with E-state index >= 15 is 0 Å². The van der Waals surface area contributed by atoms with E-state index in [1.165, 1.54) is 5.56 Å². The molecule has 0 spiro atoms. The molecule has 2 aromatic carbocycles. The summed E-state index contributed by atoms with van der Waals surface area (Å²) in [6.45, 7) is 5.48. The van der Waals surface area contributed by atoms with Crippen molar-refractivity contribution in [3.63, 3.8) is 0 Å². The van der Waals surface area contributed by atoms with Gasteiger partial charge in [-0.05, 0) is 54.8 Å². The van der Waals surface area contributed by atoms with Crippen molar-refractivity contribution in [1.82, 2.24) is 5.32 Å². The lowest BCUT2D eigenvalue weighted by atomic mass is 10.0. The molecule has 0 unspecified atom stereocenters. The molecule has 0 bridgehead atoms. The summed E-state index contributed by atoms with van der Waals surface area (Å²) in [7, 11) is 3.62. The predicted octanol–water partition coefficient (Wildman–Crippen LogP) is 3.23. The Labute approximate surface area is 149 Å². The van der Waals surface area contributed by atoms with Gasteiger partial charge in [0.25, 0.3) is 5.91 Å². The fraction of sp³-hybridized carbons (Fsp3) is 0.350. The summed E-state index contributed by atoms with van der Waals surface area (Å²) in [5.74, 6) is 0.616. The zero-order chi connectivity index (χ0) is 18.4. The monoisotopic (exact) mass is 341 g/mol. The van der Waals surface area contributed by atoms with Crippen molar-refractivity contribution in [2.24, 2.45) is 0 Å². The van der Waals surface area contributed by atoms with Crippen molar-refractivity contribution in [3.8, 4) is 5.75 Å². The second kappa shape index (κ2) is 8.42. The average molecular weight is 341 g/mol. The zero-order valence-electron chi connectivity index (χ0n) is 15.4. The number of hydrogen-bond donors (Lipinski definition) is 2. The molecule has 2 aromatic rings. The first-order chi connectivity index (χ1) is 12.0. The lowest BCUT2D eigenvalue weighted by Gasteiger charge is -2.25. The Morgan fingerprint density at radius 1 is 1.16 bits per heavy atom. The van der Waals surface area contributed by atoms with Gasteiger partial charge in [-0.25, -0.2) is 0 Å². The molecule has 1 amide bonds. The largest absolute Gasteiger partial charge is 0.497 e. The number of anilines is 2. The Morgan fingerprint density at radius 2 is 1.84 bits per heavy atom. The number of aryl methyl sites for hydroxylation is 1. The quantitative estimate of drug-likeness (QED) is 0.759. The van der Waals surface area contributed by atoms with Gasteiger partial charge in [0.1, 0.15) is 5.75 Å². The fourth-order valence-corrected chi connectivity index (χ4v) is 2.85. The minimum Gasteiger partial charge on any atom is -0.497 e.